The predicted molar refractivity (Wildman–Crippen MR) is 150 cm³/mol. The van der Waals surface area contributed by atoms with Gasteiger partial charge in [0.2, 0.25) is 0 Å². The number of benzene rings is 2. The first kappa shape index (κ1) is 29.9. The van der Waals surface area contributed by atoms with Gasteiger partial charge in [-0.15, -0.1) is 0 Å². The summed E-state index contributed by atoms with van der Waals surface area (Å²) in [5.41, 5.74) is 1.21. The van der Waals surface area contributed by atoms with E-state index in [0.717, 1.165) is 9.95 Å². The number of carbonyl (C=O) groups is 1. The van der Waals surface area contributed by atoms with E-state index in [9.17, 15) is 27.3 Å². The van der Waals surface area contributed by atoms with Gasteiger partial charge in [0.1, 0.15) is 17.1 Å². The number of ether oxygens (including phenoxy) is 3. The lowest BCUT2D eigenvalue weighted by Crippen LogP contribution is -2.22. The fraction of sp³-hybridized carbons (Fsp3) is 0.241. The topological polar surface area (TPSA) is 129 Å². The highest BCUT2D eigenvalue weighted by atomic mass is 32.2. The quantitative estimate of drug-likeness (QED) is 0.113. The van der Waals surface area contributed by atoms with Gasteiger partial charge >= 0.3 is 23.1 Å². The van der Waals surface area contributed by atoms with E-state index in [1.165, 1.54) is 25.3 Å². The van der Waals surface area contributed by atoms with E-state index >= 15 is 0 Å². The van der Waals surface area contributed by atoms with Crippen molar-refractivity contribution in [2.75, 3.05) is 19.8 Å². The molecule has 0 N–H and O–H groups in total. The minimum absolute atomic E-state index is 0.0284. The van der Waals surface area contributed by atoms with Crippen LogP contribution < -0.4 is 15.1 Å². The van der Waals surface area contributed by atoms with Crippen LogP contribution in [-0.4, -0.2) is 51.2 Å². The van der Waals surface area contributed by atoms with Crippen LogP contribution in [0.2, 0.25) is 0 Å². The zero-order valence-corrected chi connectivity index (χ0v) is 23.4. The summed E-state index contributed by atoms with van der Waals surface area (Å²) in [7, 11) is 0. The van der Waals surface area contributed by atoms with Crippen molar-refractivity contribution >= 4 is 39.3 Å². The van der Waals surface area contributed by atoms with Crippen molar-refractivity contribution in [2.45, 2.75) is 30.4 Å². The third-order valence-corrected chi connectivity index (χ3v) is 7.43. The van der Waals surface area contributed by atoms with Gasteiger partial charge in [0.05, 0.1) is 29.9 Å². The van der Waals surface area contributed by atoms with Crippen molar-refractivity contribution in [3.63, 3.8) is 0 Å². The van der Waals surface area contributed by atoms with Gasteiger partial charge in [-0.05, 0) is 43.3 Å². The zero-order valence-electron chi connectivity index (χ0n) is 22.6. The predicted octanol–water partition coefficient (Wildman–Crippen LogP) is 5.55. The number of hydrogen-bond donors (Lipinski definition) is 0. The molecule has 3 aromatic heterocycles. The molecule has 2 aromatic carbocycles. The molecule has 43 heavy (non-hydrogen) atoms. The summed E-state index contributed by atoms with van der Waals surface area (Å²) in [6, 6.07) is 16.0. The van der Waals surface area contributed by atoms with Crippen molar-refractivity contribution in [2.24, 2.45) is 0 Å². The average molecular weight is 616 g/mol. The molecular formula is C29H24F3N3O7S. The highest BCUT2D eigenvalue weighted by molar-refractivity contribution is 7.90. The van der Waals surface area contributed by atoms with Gasteiger partial charge in [-0.25, -0.2) is 9.59 Å². The minimum Gasteiger partial charge on any atom is -0.609 e. The van der Waals surface area contributed by atoms with Crippen LogP contribution in [0.1, 0.15) is 17.7 Å². The largest absolute Gasteiger partial charge is 0.609 e. The summed E-state index contributed by atoms with van der Waals surface area (Å²) < 4.78 is 73.6. The number of aromatic nitrogens is 3. The number of pyridine rings is 1. The van der Waals surface area contributed by atoms with E-state index in [1.54, 1.807) is 48.5 Å². The Morgan fingerprint density at radius 1 is 1.07 bits per heavy atom. The highest BCUT2D eigenvalue weighted by Gasteiger charge is 2.30. The lowest BCUT2D eigenvalue weighted by Gasteiger charge is -2.15. The third kappa shape index (κ3) is 7.27. The molecule has 0 spiro atoms. The molecule has 0 bridgehead atoms. The first-order valence-electron chi connectivity index (χ1n) is 12.9. The molecule has 0 saturated heterocycles. The number of halogens is 3. The maximum atomic E-state index is 13.4. The Hall–Kier alpha value is -4.56. The molecule has 3 heterocycles. The maximum Gasteiger partial charge on any atom is 0.423 e. The average Bonchev–Trinajstić information content (AvgIpc) is 3.37. The standard InChI is InChI=1S/C29H24F3N3O7S/c1-18-22(33-12-11-24(18)41-17-29(30,31)32)16-43(38)27-34-21-5-2-3-6-23(21)35(27)28(37)40-14-4-13-39-20-9-7-19-8-10-26(36)42-25(19)15-20/h2-3,5-12,15H,4,13-14,16-17H2,1H3. The number of alkyl halides is 3. The maximum absolute atomic E-state index is 13.4. The summed E-state index contributed by atoms with van der Waals surface area (Å²) in [6.07, 6.45) is -3.75. The van der Waals surface area contributed by atoms with Crippen molar-refractivity contribution in [1.29, 1.82) is 0 Å². The van der Waals surface area contributed by atoms with Gasteiger partial charge in [0.15, 0.2) is 12.4 Å². The monoisotopic (exact) mass is 615 g/mol. The molecule has 0 radical (unpaired) electrons. The van der Waals surface area contributed by atoms with Gasteiger partial charge < -0.3 is 23.2 Å². The second-order valence-corrected chi connectivity index (χ2v) is 10.6. The van der Waals surface area contributed by atoms with E-state index in [4.69, 9.17) is 18.6 Å². The molecule has 10 nitrogen and oxygen atoms in total. The first-order chi connectivity index (χ1) is 20.6. The molecule has 224 valence electrons. The van der Waals surface area contributed by atoms with Crippen LogP contribution in [0.3, 0.4) is 0 Å². The molecule has 0 saturated carbocycles. The summed E-state index contributed by atoms with van der Waals surface area (Å²) in [6.45, 7) is 0.196. The summed E-state index contributed by atoms with van der Waals surface area (Å²) in [5, 5.41) is 0.651. The van der Waals surface area contributed by atoms with Crippen LogP contribution in [-0.2, 0) is 21.7 Å². The Balaban J connectivity index is 1.25. The Morgan fingerprint density at radius 3 is 2.67 bits per heavy atom. The number of para-hydroxylation sites is 2. The van der Waals surface area contributed by atoms with Crippen molar-refractivity contribution in [1.82, 2.24) is 14.5 Å². The molecule has 0 amide bonds. The Morgan fingerprint density at radius 2 is 1.86 bits per heavy atom. The van der Waals surface area contributed by atoms with E-state index in [1.807, 2.05) is 0 Å². The molecule has 0 aliphatic heterocycles. The van der Waals surface area contributed by atoms with Crippen LogP contribution in [0, 0.1) is 6.92 Å². The zero-order chi connectivity index (χ0) is 30.6. The number of fused-ring (bicyclic) bond motifs is 2. The molecule has 1 unspecified atom stereocenters. The number of rotatable bonds is 10. The third-order valence-electron chi connectivity index (χ3n) is 6.21. The molecule has 1 atom stereocenters. The van der Waals surface area contributed by atoms with Gasteiger partial charge in [0, 0.05) is 46.9 Å². The van der Waals surface area contributed by atoms with Gasteiger partial charge in [-0.3, -0.25) is 4.98 Å². The van der Waals surface area contributed by atoms with Crippen molar-refractivity contribution < 1.29 is 41.1 Å². The van der Waals surface area contributed by atoms with E-state index in [-0.39, 0.29) is 35.6 Å². The molecule has 5 aromatic rings. The van der Waals surface area contributed by atoms with E-state index in [0.29, 0.717) is 34.4 Å². The van der Waals surface area contributed by atoms with Crippen molar-refractivity contribution in [3.05, 3.63) is 88.5 Å². The fourth-order valence-electron chi connectivity index (χ4n) is 4.15. The van der Waals surface area contributed by atoms with Gasteiger partial charge in [-0.1, -0.05) is 12.1 Å². The molecule has 0 aliphatic rings. The number of imidazole rings is 1. The van der Waals surface area contributed by atoms with Gasteiger partial charge in [-0.2, -0.15) is 22.7 Å². The Kier molecular flexibility index (Phi) is 8.87. The van der Waals surface area contributed by atoms with Crippen LogP contribution in [0.5, 0.6) is 11.5 Å². The van der Waals surface area contributed by atoms with Crippen LogP contribution in [0.25, 0.3) is 22.0 Å². The summed E-state index contributed by atoms with van der Waals surface area (Å²) in [4.78, 5) is 33.1. The van der Waals surface area contributed by atoms with E-state index < -0.39 is 35.7 Å². The van der Waals surface area contributed by atoms with Crippen LogP contribution in [0.4, 0.5) is 18.0 Å². The first-order valence-corrected chi connectivity index (χ1v) is 14.2. The summed E-state index contributed by atoms with van der Waals surface area (Å²) >= 11 is -1.93. The van der Waals surface area contributed by atoms with E-state index in [2.05, 4.69) is 9.97 Å². The smallest absolute Gasteiger partial charge is 0.423 e. The Bertz CT molecular complexity index is 1820. The number of hydrogen-bond acceptors (Lipinski definition) is 9. The second-order valence-electron chi connectivity index (χ2n) is 9.26. The minimum atomic E-state index is -4.52. The SMILES string of the molecule is Cc1c(OCC(F)(F)F)ccnc1C[S+]([O-])c1nc2ccccc2n1C(=O)OCCCOc1ccc2ccc(=O)oc2c1. The number of carbonyl (C=O) groups excluding carboxylic acids is 1. The van der Waals surface area contributed by atoms with Gasteiger partial charge in [0.25, 0.3) is 0 Å². The lowest BCUT2D eigenvalue weighted by atomic mass is 10.2. The molecule has 5 rings (SSSR count). The molecule has 0 fully saturated rings. The fourth-order valence-corrected chi connectivity index (χ4v) is 5.39. The normalized spacial score (nSPS) is 12.4. The number of nitrogens with zero attached hydrogens (tertiary/aromatic N) is 3. The molecule has 0 aliphatic carbocycles. The molecular weight excluding hydrogens is 591 g/mol. The summed E-state index contributed by atoms with van der Waals surface area (Å²) in [5.74, 6) is 0.205. The van der Waals surface area contributed by atoms with Crippen molar-refractivity contribution in [3.8, 4) is 11.5 Å². The molecule has 14 heteroatoms. The second kappa shape index (κ2) is 12.8. The Labute approximate surface area is 245 Å². The lowest BCUT2D eigenvalue weighted by molar-refractivity contribution is -0.153. The highest BCUT2D eigenvalue weighted by Crippen LogP contribution is 2.27. The van der Waals surface area contributed by atoms with Crippen LogP contribution in [0.15, 0.2) is 81.2 Å². The van der Waals surface area contributed by atoms with Crippen LogP contribution >= 0.6 is 0 Å².